The van der Waals surface area contributed by atoms with Gasteiger partial charge in [0.05, 0.1) is 5.54 Å². The van der Waals surface area contributed by atoms with Gasteiger partial charge in [0.25, 0.3) is 0 Å². The fraction of sp³-hybridized carbons (Fsp3) is 0.769. The summed E-state index contributed by atoms with van der Waals surface area (Å²) in [5.74, 6) is 0.738. The first kappa shape index (κ1) is 12.3. The topological polar surface area (TPSA) is 21.6 Å². The second kappa shape index (κ2) is 5.94. The fourth-order valence-electron chi connectivity index (χ4n) is 2.00. The fourth-order valence-corrected chi connectivity index (χ4v) is 2.00. The van der Waals surface area contributed by atoms with E-state index in [2.05, 4.69) is 25.4 Å². The van der Waals surface area contributed by atoms with Crippen LogP contribution in [0, 0.1) is 0 Å². The van der Waals surface area contributed by atoms with Crippen LogP contribution in [0.3, 0.4) is 0 Å². The van der Waals surface area contributed by atoms with Gasteiger partial charge in [-0.3, -0.25) is 0 Å². The zero-order chi connectivity index (χ0) is 11.1. The Morgan fingerprint density at radius 3 is 2.33 bits per heavy atom. The van der Waals surface area contributed by atoms with Gasteiger partial charge in [-0.2, -0.15) is 0 Å². The van der Waals surface area contributed by atoms with Crippen molar-refractivity contribution < 1.29 is 4.74 Å². The average molecular weight is 209 g/mol. The minimum Gasteiger partial charge on any atom is -0.475 e. The highest BCUT2D eigenvalue weighted by Gasteiger charge is 2.34. The summed E-state index contributed by atoms with van der Waals surface area (Å²) in [6, 6.07) is 0. The number of rotatable bonds is 7. The van der Waals surface area contributed by atoms with Crippen molar-refractivity contribution in [2.45, 2.75) is 57.9 Å². The summed E-state index contributed by atoms with van der Waals surface area (Å²) in [7, 11) is 0. The Morgan fingerprint density at radius 1 is 1.33 bits per heavy atom. The molecule has 0 saturated carbocycles. The molecule has 1 aliphatic rings. The average Bonchev–Trinajstić information content (AvgIpc) is 2.68. The molecular weight excluding hydrogens is 186 g/mol. The Kier molecular flexibility index (Phi) is 4.86. The van der Waals surface area contributed by atoms with Crippen LogP contribution in [-0.4, -0.2) is 18.0 Å². The van der Waals surface area contributed by atoms with Crippen LogP contribution >= 0.6 is 0 Å². The van der Waals surface area contributed by atoms with Crippen LogP contribution in [-0.2, 0) is 4.74 Å². The molecule has 0 atom stereocenters. The minimum absolute atomic E-state index is 0.0650. The Hall–Kier alpha value is -0.790. The third-order valence-electron chi connectivity index (χ3n) is 3.00. The zero-order valence-electron chi connectivity index (χ0n) is 10.1. The van der Waals surface area contributed by atoms with Gasteiger partial charge in [0.2, 0.25) is 5.90 Å². The molecule has 0 N–H and O–H groups in total. The second-order valence-electron chi connectivity index (χ2n) is 4.37. The standard InChI is InChI=1S/C13H23NO/c1-4-7-9-13(10-8-5-2)11-15-12(6-3)14-13/h6H,3-5,7-11H2,1-2H3. The molecule has 15 heavy (non-hydrogen) atoms. The van der Waals surface area contributed by atoms with Gasteiger partial charge < -0.3 is 4.74 Å². The molecule has 0 aromatic heterocycles. The lowest BCUT2D eigenvalue weighted by molar-refractivity contribution is 0.228. The van der Waals surface area contributed by atoms with Crippen molar-refractivity contribution in [1.29, 1.82) is 0 Å². The summed E-state index contributed by atoms with van der Waals surface area (Å²) in [5.41, 5.74) is 0.0650. The van der Waals surface area contributed by atoms with Crippen LogP contribution in [0.15, 0.2) is 17.6 Å². The lowest BCUT2D eigenvalue weighted by atomic mass is 9.89. The minimum atomic E-state index is 0.0650. The third-order valence-corrected chi connectivity index (χ3v) is 3.00. The molecule has 0 aromatic rings. The third kappa shape index (κ3) is 3.37. The molecule has 2 nitrogen and oxygen atoms in total. The molecule has 86 valence electrons. The van der Waals surface area contributed by atoms with Gasteiger partial charge in [-0.15, -0.1) is 0 Å². The van der Waals surface area contributed by atoms with Crippen LogP contribution in [0.5, 0.6) is 0 Å². The molecule has 0 aromatic carbocycles. The summed E-state index contributed by atoms with van der Waals surface area (Å²) in [5, 5.41) is 0. The number of unbranched alkanes of at least 4 members (excludes halogenated alkanes) is 2. The number of aliphatic imine (C=N–C) groups is 1. The Bertz CT molecular complexity index is 225. The molecule has 0 bridgehead atoms. The van der Waals surface area contributed by atoms with E-state index in [4.69, 9.17) is 4.74 Å². The first-order valence-corrected chi connectivity index (χ1v) is 6.11. The van der Waals surface area contributed by atoms with Gasteiger partial charge in [-0.25, -0.2) is 4.99 Å². The Labute approximate surface area is 93.4 Å². The second-order valence-corrected chi connectivity index (χ2v) is 4.37. The van der Waals surface area contributed by atoms with Crippen molar-refractivity contribution in [1.82, 2.24) is 0 Å². The molecule has 0 unspecified atom stereocenters. The van der Waals surface area contributed by atoms with Gasteiger partial charge in [-0.1, -0.05) is 46.1 Å². The van der Waals surface area contributed by atoms with E-state index < -0.39 is 0 Å². The number of hydrogen-bond donors (Lipinski definition) is 0. The van der Waals surface area contributed by atoms with Crippen molar-refractivity contribution in [2.24, 2.45) is 4.99 Å². The monoisotopic (exact) mass is 209 g/mol. The molecule has 0 fully saturated rings. The molecule has 1 rings (SSSR count). The predicted octanol–water partition coefficient (Wildman–Crippen LogP) is 3.72. The van der Waals surface area contributed by atoms with Crippen LogP contribution in [0.4, 0.5) is 0 Å². The zero-order valence-corrected chi connectivity index (χ0v) is 10.1. The molecule has 0 saturated heterocycles. The van der Waals surface area contributed by atoms with Crippen molar-refractivity contribution in [3.63, 3.8) is 0 Å². The van der Waals surface area contributed by atoms with E-state index in [1.165, 1.54) is 25.7 Å². The highest BCUT2D eigenvalue weighted by Crippen LogP contribution is 2.30. The van der Waals surface area contributed by atoms with Crippen molar-refractivity contribution in [3.05, 3.63) is 12.7 Å². The number of nitrogens with zero attached hydrogens (tertiary/aromatic N) is 1. The largest absolute Gasteiger partial charge is 0.475 e. The lowest BCUT2D eigenvalue weighted by Crippen LogP contribution is -2.28. The van der Waals surface area contributed by atoms with E-state index in [0.29, 0.717) is 0 Å². The maximum absolute atomic E-state index is 5.54. The molecular formula is C13H23NO. The summed E-state index contributed by atoms with van der Waals surface area (Å²) >= 11 is 0. The maximum Gasteiger partial charge on any atom is 0.208 e. The highest BCUT2D eigenvalue weighted by atomic mass is 16.5. The van der Waals surface area contributed by atoms with Gasteiger partial charge in [-0.05, 0) is 18.9 Å². The van der Waals surface area contributed by atoms with Gasteiger partial charge >= 0.3 is 0 Å². The molecule has 0 amide bonds. The van der Waals surface area contributed by atoms with E-state index in [1.807, 2.05) is 0 Å². The van der Waals surface area contributed by atoms with Crippen molar-refractivity contribution in [3.8, 4) is 0 Å². The van der Waals surface area contributed by atoms with E-state index in [-0.39, 0.29) is 5.54 Å². The highest BCUT2D eigenvalue weighted by molar-refractivity contribution is 5.88. The summed E-state index contributed by atoms with van der Waals surface area (Å²) in [4.78, 5) is 4.69. The quantitative estimate of drug-likeness (QED) is 0.626. The number of ether oxygens (including phenoxy) is 1. The number of hydrogen-bond acceptors (Lipinski definition) is 2. The van der Waals surface area contributed by atoms with Crippen LogP contribution in [0.25, 0.3) is 0 Å². The normalized spacial score (nSPS) is 18.4. The van der Waals surface area contributed by atoms with Crippen molar-refractivity contribution >= 4 is 5.90 Å². The summed E-state index contributed by atoms with van der Waals surface area (Å²) in [6.07, 6.45) is 8.96. The maximum atomic E-state index is 5.54. The smallest absolute Gasteiger partial charge is 0.208 e. The molecule has 1 aliphatic heterocycles. The Balaban J connectivity index is 2.60. The molecule has 0 spiro atoms. The van der Waals surface area contributed by atoms with E-state index in [9.17, 15) is 0 Å². The van der Waals surface area contributed by atoms with Gasteiger partial charge in [0.1, 0.15) is 6.61 Å². The lowest BCUT2D eigenvalue weighted by Gasteiger charge is -2.23. The molecule has 0 radical (unpaired) electrons. The molecule has 0 aliphatic carbocycles. The summed E-state index contributed by atoms with van der Waals surface area (Å²) < 4.78 is 5.54. The van der Waals surface area contributed by atoms with Crippen LogP contribution < -0.4 is 0 Å². The first-order chi connectivity index (χ1) is 7.26. The van der Waals surface area contributed by atoms with Crippen molar-refractivity contribution in [2.75, 3.05) is 6.61 Å². The van der Waals surface area contributed by atoms with Gasteiger partial charge in [0.15, 0.2) is 0 Å². The van der Waals surface area contributed by atoms with Crippen LogP contribution in [0.2, 0.25) is 0 Å². The van der Waals surface area contributed by atoms with E-state index >= 15 is 0 Å². The SMILES string of the molecule is C=CC1=NC(CCCC)(CCCC)CO1. The molecule has 2 heteroatoms. The van der Waals surface area contributed by atoms with Crippen LogP contribution in [0.1, 0.15) is 52.4 Å². The van der Waals surface area contributed by atoms with E-state index in [0.717, 1.165) is 25.3 Å². The van der Waals surface area contributed by atoms with E-state index in [1.54, 1.807) is 6.08 Å². The molecule has 1 heterocycles. The van der Waals surface area contributed by atoms with Gasteiger partial charge in [0, 0.05) is 0 Å². The Morgan fingerprint density at radius 2 is 1.93 bits per heavy atom. The first-order valence-electron chi connectivity index (χ1n) is 6.11. The predicted molar refractivity (Wildman–Crippen MR) is 65.4 cm³/mol. The summed E-state index contributed by atoms with van der Waals surface area (Å²) in [6.45, 7) is 8.92.